The molecule has 0 radical (unpaired) electrons. The van der Waals surface area contributed by atoms with Gasteiger partial charge >= 0.3 is 6.36 Å². The van der Waals surface area contributed by atoms with E-state index in [2.05, 4.69) is 4.74 Å². The van der Waals surface area contributed by atoms with Crippen molar-refractivity contribution in [2.45, 2.75) is 17.8 Å². The molecule has 1 fully saturated rings. The maximum Gasteiger partial charge on any atom is 0.573 e. The van der Waals surface area contributed by atoms with E-state index in [1.165, 1.54) is 12.1 Å². The summed E-state index contributed by atoms with van der Waals surface area (Å²) in [5.74, 6) is -6.46. The smallest absolute Gasteiger partial charge is 0.406 e. The molecular weight excluding hydrogens is 526 g/mol. The van der Waals surface area contributed by atoms with Crippen molar-refractivity contribution in [3.63, 3.8) is 0 Å². The van der Waals surface area contributed by atoms with E-state index in [0.29, 0.717) is 17.7 Å². The molecule has 3 aromatic carbocycles. The molecule has 5 rings (SSSR count). The Labute approximate surface area is 207 Å². The quantitative estimate of drug-likeness (QED) is 0.458. The van der Waals surface area contributed by atoms with Gasteiger partial charge in [-0.1, -0.05) is 12.1 Å². The molecule has 37 heavy (non-hydrogen) atoms. The number of hydrogen-bond acceptors (Lipinski definition) is 4. The summed E-state index contributed by atoms with van der Waals surface area (Å²) < 4.78 is 97.5. The molecular formula is C24H14F6N2O4S. The van der Waals surface area contributed by atoms with Crippen LogP contribution in [0, 0.1) is 17.5 Å². The van der Waals surface area contributed by atoms with Gasteiger partial charge in [0.15, 0.2) is 11.6 Å². The Hall–Kier alpha value is -3.87. The van der Waals surface area contributed by atoms with Crippen LogP contribution in [-0.2, 0) is 31.8 Å². The standard InChI is InChI=1S/C24H14F6N2O4S/c25-14-3-1-13(2-4-14)11-31-20-8-6-16(36-24(28,29)30)10-17(20)23(22(31)34)32(21(33)12-37(23)35)15-5-7-18(26)19(27)9-15/h1-10H,11-12H2. The molecule has 2 amide bonds. The Morgan fingerprint density at radius 1 is 0.919 bits per heavy atom. The number of rotatable bonds is 4. The maximum absolute atomic E-state index is 14.1. The summed E-state index contributed by atoms with van der Waals surface area (Å²) in [5.41, 5.74) is -0.141. The van der Waals surface area contributed by atoms with Crippen molar-refractivity contribution in [3.05, 3.63) is 89.2 Å². The number of amides is 2. The highest BCUT2D eigenvalue weighted by Crippen LogP contribution is 2.52. The first kappa shape index (κ1) is 24.8. The van der Waals surface area contributed by atoms with Gasteiger partial charge < -0.3 is 9.64 Å². The minimum atomic E-state index is -5.10. The monoisotopic (exact) mass is 540 g/mol. The molecule has 0 aliphatic carbocycles. The lowest BCUT2D eigenvalue weighted by Gasteiger charge is -2.33. The molecule has 2 unspecified atom stereocenters. The van der Waals surface area contributed by atoms with Gasteiger partial charge in [0.25, 0.3) is 5.91 Å². The number of ether oxygens (including phenoxy) is 1. The number of carbonyl (C=O) groups excluding carboxylic acids is 2. The summed E-state index contributed by atoms with van der Waals surface area (Å²) in [6.07, 6.45) is -5.10. The topological polar surface area (TPSA) is 66.9 Å². The van der Waals surface area contributed by atoms with Gasteiger partial charge in [0.2, 0.25) is 10.8 Å². The maximum atomic E-state index is 14.1. The molecule has 13 heteroatoms. The number of hydrogen-bond donors (Lipinski definition) is 0. The molecule has 3 aromatic rings. The van der Waals surface area contributed by atoms with Crippen LogP contribution in [0.4, 0.5) is 37.7 Å². The summed E-state index contributed by atoms with van der Waals surface area (Å²) in [7, 11) is -2.36. The fourth-order valence-corrected chi connectivity index (χ4v) is 6.19. The Bertz CT molecular complexity index is 1460. The highest BCUT2D eigenvalue weighted by Gasteiger charge is 2.65. The molecule has 2 atom stereocenters. The molecule has 192 valence electrons. The fourth-order valence-electron chi connectivity index (χ4n) is 4.50. The number of fused-ring (bicyclic) bond motifs is 2. The van der Waals surface area contributed by atoms with Gasteiger partial charge in [-0.3, -0.25) is 18.7 Å². The van der Waals surface area contributed by atoms with Gasteiger partial charge in [-0.25, -0.2) is 13.2 Å². The van der Waals surface area contributed by atoms with Crippen molar-refractivity contribution < 1.29 is 44.9 Å². The third kappa shape index (κ3) is 4.02. The minimum absolute atomic E-state index is 0.0134. The van der Waals surface area contributed by atoms with E-state index in [9.17, 15) is 40.1 Å². The van der Waals surface area contributed by atoms with E-state index in [4.69, 9.17) is 0 Å². The molecule has 2 aliphatic rings. The highest BCUT2D eigenvalue weighted by molar-refractivity contribution is 7.88. The predicted octanol–water partition coefficient (Wildman–Crippen LogP) is 4.50. The number of alkyl halides is 3. The molecule has 0 aromatic heterocycles. The van der Waals surface area contributed by atoms with E-state index in [-0.39, 0.29) is 23.5 Å². The first-order valence-corrected chi connectivity index (χ1v) is 11.9. The summed E-state index contributed by atoms with van der Waals surface area (Å²) >= 11 is 0. The molecule has 1 spiro atoms. The summed E-state index contributed by atoms with van der Waals surface area (Å²) in [6.45, 7) is -0.218. The third-order valence-corrected chi connectivity index (χ3v) is 7.70. The fraction of sp³-hybridized carbons (Fsp3) is 0.167. The van der Waals surface area contributed by atoms with Crippen LogP contribution in [-0.4, -0.2) is 28.1 Å². The first-order chi connectivity index (χ1) is 17.4. The van der Waals surface area contributed by atoms with E-state index in [0.717, 1.165) is 46.2 Å². The Kier molecular flexibility index (Phi) is 5.77. The second kappa shape index (κ2) is 8.61. The Morgan fingerprint density at radius 3 is 2.27 bits per heavy atom. The van der Waals surface area contributed by atoms with E-state index < -0.39 is 62.8 Å². The van der Waals surface area contributed by atoms with Crippen molar-refractivity contribution >= 4 is 34.0 Å². The predicted molar refractivity (Wildman–Crippen MR) is 119 cm³/mol. The molecule has 2 aliphatic heterocycles. The number of carbonyl (C=O) groups is 2. The second-order valence-corrected chi connectivity index (χ2v) is 9.78. The Balaban J connectivity index is 1.72. The zero-order chi connectivity index (χ0) is 26.7. The SMILES string of the molecule is O=C1CS(=O)C2(C(=O)N(Cc3ccc(F)cc3)c3ccc(OC(F)(F)F)cc32)N1c1ccc(F)c(F)c1. The summed E-state index contributed by atoms with van der Waals surface area (Å²) in [4.78, 5) is 26.4. The van der Waals surface area contributed by atoms with Crippen LogP contribution >= 0.6 is 0 Å². The van der Waals surface area contributed by atoms with Crippen LogP contribution in [0.2, 0.25) is 0 Å². The van der Waals surface area contributed by atoms with E-state index >= 15 is 0 Å². The average molecular weight is 540 g/mol. The molecule has 0 bridgehead atoms. The first-order valence-electron chi connectivity index (χ1n) is 10.5. The molecule has 0 N–H and O–H groups in total. The van der Waals surface area contributed by atoms with Gasteiger partial charge in [-0.15, -0.1) is 13.2 Å². The lowest BCUT2D eigenvalue weighted by Crippen LogP contribution is -2.52. The summed E-state index contributed by atoms with van der Waals surface area (Å²) in [5, 5.41) is 0. The van der Waals surface area contributed by atoms with Gasteiger partial charge in [-0.2, -0.15) is 0 Å². The van der Waals surface area contributed by atoms with Crippen LogP contribution in [0.5, 0.6) is 5.75 Å². The van der Waals surface area contributed by atoms with Crippen molar-refractivity contribution in [1.82, 2.24) is 0 Å². The number of nitrogens with zero attached hydrogens (tertiary/aromatic N) is 2. The van der Waals surface area contributed by atoms with Crippen molar-refractivity contribution in [2.24, 2.45) is 0 Å². The van der Waals surface area contributed by atoms with E-state index in [1.54, 1.807) is 0 Å². The zero-order valence-electron chi connectivity index (χ0n) is 18.4. The van der Waals surface area contributed by atoms with Crippen LogP contribution < -0.4 is 14.5 Å². The van der Waals surface area contributed by atoms with Crippen LogP contribution in [0.25, 0.3) is 0 Å². The van der Waals surface area contributed by atoms with Gasteiger partial charge in [-0.05, 0) is 48.0 Å². The summed E-state index contributed by atoms with van der Waals surface area (Å²) in [6, 6.07) is 10.3. The molecule has 6 nitrogen and oxygen atoms in total. The van der Waals surface area contributed by atoms with Gasteiger partial charge in [0.1, 0.15) is 17.3 Å². The van der Waals surface area contributed by atoms with Crippen molar-refractivity contribution in [3.8, 4) is 5.75 Å². The van der Waals surface area contributed by atoms with Crippen molar-refractivity contribution in [1.29, 1.82) is 0 Å². The number of benzene rings is 3. The molecule has 0 saturated carbocycles. The molecule has 1 saturated heterocycles. The van der Waals surface area contributed by atoms with Crippen LogP contribution in [0.15, 0.2) is 60.7 Å². The second-order valence-electron chi connectivity index (χ2n) is 8.21. The van der Waals surface area contributed by atoms with Crippen molar-refractivity contribution in [2.75, 3.05) is 15.6 Å². The van der Waals surface area contributed by atoms with Crippen LogP contribution in [0.3, 0.4) is 0 Å². The van der Waals surface area contributed by atoms with Gasteiger partial charge in [0, 0.05) is 17.3 Å². The lowest BCUT2D eigenvalue weighted by molar-refractivity contribution is -0.274. The average Bonchev–Trinajstić information content (AvgIpc) is 3.22. The highest BCUT2D eigenvalue weighted by atomic mass is 32.2. The molecule has 2 heterocycles. The largest absolute Gasteiger partial charge is 0.573 e. The number of halogens is 6. The van der Waals surface area contributed by atoms with E-state index in [1.807, 2.05) is 0 Å². The number of anilines is 2. The lowest BCUT2D eigenvalue weighted by atomic mass is 10.0. The zero-order valence-corrected chi connectivity index (χ0v) is 19.2. The Morgan fingerprint density at radius 2 is 1.62 bits per heavy atom. The third-order valence-electron chi connectivity index (χ3n) is 5.96. The van der Waals surface area contributed by atoms with Crippen LogP contribution in [0.1, 0.15) is 11.1 Å². The minimum Gasteiger partial charge on any atom is -0.406 e. The normalized spacial score (nSPS) is 21.2. The van der Waals surface area contributed by atoms with Gasteiger partial charge in [0.05, 0.1) is 23.0 Å².